The van der Waals surface area contributed by atoms with Crippen LogP contribution in [0.5, 0.6) is 0 Å². The maximum atomic E-state index is 9.49. The van der Waals surface area contributed by atoms with Crippen LogP contribution in [0.15, 0.2) is 30.6 Å². The molecule has 0 bridgehead atoms. The van der Waals surface area contributed by atoms with Crippen LogP contribution in [0, 0.1) is 0 Å². The Morgan fingerprint density at radius 1 is 1.11 bits per heavy atom. The third-order valence-electron chi connectivity index (χ3n) is 3.55. The molecule has 19 heavy (non-hydrogen) atoms. The molecule has 0 atom stereocenters. The fraction of sp³-hybridized carbons (Fsp3) is 0.462. The largest absolute Gasteiger partial charge is 0.393 e. The number of rotatable bonds is 3. The van der Waals surface area contributed by atoms with Crippen molar-refractivity contribution >= 4 is 5.69 Å². The second-order valence-electron chi connectivity index (χ2n) is 4.95. The van der Waals surface area contributed by atoms with E-state index >= 15 is 0 Å². The smallest absolute Gasteiger partial charge is 0.143 e. The Hall–Kier alpha value is -1.95. The minimum absolute atomic E-state index is 0.111. The van der Waals surface area contributed by atoms with E-state index in [1.807, 2.05) is 24.3 Å². The molecule has 1 aliphatic carbocycles. The first-order chi connectivity index (χ1) is 9.31. The van der Waals surface area contributed by atoms with Gasteiger partial charge in [0.25, 0.3) is 0 Å². The van der Waals surface area contributed by atoms with Crippen LogP contribution in [0.1, 0.15) is 25.7 Å². The van der Waals surface area contributed by atoms with Crippen molar-refractivity contribution in [3.8, 4) is 5.69 Å². The van der Waals surface area contributed by atoms with Gasteiger partial charge in [-0.15, -0.1) is 5.10 Å². The average molecular weight is 259 g/mol. The second-order valence-corrected chi connectivity index (χ2v) is 4.95. The minimum atomic E-state index is -0.111. The highest BCUT2D eigenvalue weighted by Crippen LogP contribution is 2.22. The van der Waals surface area contributed by atoms with E-state index in [0.29, 0.717) is 6.04 Å². The van der Waals surface area contributed by atoms with Gasteiger partial charge in [0.15, 0.2) is 0 Å². The molecule has 1 heterocycles. The molecule has 2 aromatic rings. The molecule has 0 radical (unpaired) electrons. The molecule has 100 valence electrons. The molecule has 0 saturated heterocycles. The summed E-state index contributed by atoms with van der Waals surface area (Å²) < 4.78 is 1.63. The molecule has 1 fully saturated rings. The molecule has 3 rings (SSSR count). The number of anilines is 1. The van der Waals surface area contributed by atoms with Crippen LogP contribution in [0.2, 0.25) is 0 Å². The predicted octanol–water partition coefficient (Wildman–Crippen LogP) is 1.38. The highest BCUT2D eigenvalue weighted by molar-refractivity contribution is 5.49. The molecule has 0 aliphatic heterocycles. The zero-order valence-electron chi connectivity index (χ0n) is 10.6. The van der Waals surface area contributed by atoms with Gasteiger partial charge in [0.05, 0.1) is 11.8 Å². The summed E-state index contributed by atoms with van der Waals surface area (Å²) in [5.74, 6) is 0. The number of tetrazole rings is 1. The first-order valence-corrected chi connectivity index (χ1v) is 6.59. The summed E-state index contributed by atoms with van der Waals surface area (Å²) in [5, 5.41) is 24.1. The Kier molecular flexibility index (Phi) is 3.41. The van der Waals surface area contributed by atoms with Crippen LogP contribution >= 0.6 is 0 Å². The van der Waals surface area contributed by atoms with Gasteiger partial charge in [-0.1, -0.05) is 0 Å². The summed E-state index contributed by atoms with van der Waals surface area (Å²) in [6, 6.07) is 8.49. The topological polar surface area (TPSA) is 75.9 Å². The van der Waals surface area contributed by atoms with E-state index in [1.54, 1.807) is 11.0 Å². The number of aromatic nitrogens is 4. The van der Waals surface area contributed by atoms with Crippen molar-refractivity contribution in [2.24, 2.45) is 0 Å². The number of hydrogen-bond acceptors (Lipinski definition) is 5. The van der Waals surface area contributed by atoms with Gasteiger partial charge < -0.3 is 10.4 Å². The van der Waals surface area contributed by atoms with Crippen molar-refractivity contribution in [2.45, 2.75) is 37.8 Å². The third-order valence-corrected chi connectivity index (χ3v) is 3.55. The van der Waals surface area contributed by atoms with Crippen molar-refractivity contribution in [2.75, 3.05) is 5.32 Å². The van der Waals surface area contributed by atoms with E-state index in [-0.39, 0.29) is 6.10 Å². The summed E-state index contributed by atoms with van der Waals surface area (Å²) in [4.78, 5) is 0. The lowest BCUT2D eigenvalue weighted by molar-refractivity contribution is 0.126. The Morgan fingerprint density at radius 2 is 1.84 bits per heavy atom. The van der Waals surface area contributed by atoms with Gasteiger partial charge >= 0.3 is 0 Å². The predicted molar refractivity (Wildman–Crippen MR) is 71.0 cm³/mol. The number of benzene rings is 1. The number of nitrogens with zero attached hydrogens (tertiary/aromatic N) is 4. The maximum Gasteiger partial charge on any atom is 0.143 e. The normalized spacial score (nSPS) is 23.2. The summed E-state index contributed by atoms with van der Waals surface area (Å²) in [5.41, 5.74) is 2.04. The van der Waals surface area contributed by atoms with Crippen LogP contribution in [-0.4, -0.2) is 37.5 Å². The highest BCUT2D eigenvalue weighted by atomic mass is 16.3. The lowest BCUT2D eigenvalue weighted by Gasteiger charge is -2.27. The fourth-order valence-corrected chi connectivity index (χ4v) is 2.45. The molecule has 0 amide bonds. The van der Waals surface area contributed by atoms with Gasteiger partial charge in [0, 0.05) is 11.7 Å². The van der Waals surface area contributed by atoms with Gasteiger partial charge in [-0.05, 0) is 60.4 Å². The zero-order valence-corrected chi connectivity index (χ0v) is 10.6. The monoisotopic (exact) mass is 259 g/mol. The van der Waals surface area contributed by atoms with Gasteiger partial charge in [-0.25, -0.2) is 4.68 Å². The lowest BCUT2D eigenvalue weighted by Crippen LogP contribution is -2.28. The standard InChI is InChI=1S/C13H17N5O/c19-13-7-3-11(4-8-13)15-10-1-5-12(6-2-10)18-9-14-16-17-18/h1-2,5-6,9,11,13,15,19H,3-4,7-8H2. The van der Waals surface area contributed by atoms with Crippen LogP contribution in [0.3, 0.4) is 0 Å². The first kappa shape index (κ1) is 12.1. The quantitative estimate of drug-likeness (QED) is 0.871. The molecule has 1 aromatic heterocycles. The van der Waals surface area contributed by atoms with E-state index < -0.39 is 0 Å². The van der Waals surface area contributed by atoms with E-state index in [0.717, 1.165) is 37.1 Å². The molecule has 1 aliphatic rings. The fourth-order valence-electron chi connectivity index (χ4n) is 2.45. The van der Waals surface area contributed by atoms with E-state index in [1.165, 1.54) is 0 Å². The van der Waals surface area contributed by atoms with E-state index in [4.69, 9.17) is 0 Å². The molecule has 0 spiro atoms. The number of aliphatic hydroxyl groups excluding tert-OH is 1. The highest BCUT2D eigenvalue weighted by Gasteiger charge is 2.18. The Bertz CT molecular complexity index is 502. The van der Waals surface area contributed by atoms with Crippen LogP contribution in [0.4, 0.5) is 5.69 Å². The minimum Gasteiger partial charge on any atom is -0.393 e. The van der Waals surface area contributed by atoms with Gasteiger partial charge in [-0.3, -0.25) is 0 Å². The van der Waals surface area contributed by atoms with Crippen LogP contribution in [0.25, 0.3) is 5.69 Å². The van der Waals surface area contributed by atoms with Gasteiger partial charge in [0.2, 0.25) is 0 Å². The van der Waals surface area contributed by atoms with Crippen molar-refractivity contribution in [3.63, 3.8) is 0 Å². The van der Waals surface area contributed by atoms with Crippen LogP contribution < -0.4 is 5.32 Å². The molecular formula is C13H17N5O. The molecule has 1 saturated carbocycles. The Morgan fingerprint density at radius 3 is 2.47 bits per heavy atom. The first-order valence-electron chi connectivity index (χ1n) is 6.59. The zero-order chi connectivity index (χ0) is 13.1. The second kappa shape index (κ2) is 5.36. The molecule has 1 aromatic carbocycles. The number of aliphatic hydroxyl groups is 1. The van der Waals surface area contributed by atoms with Crippen molar-refractivity contribution in [1.82, 2.24) is 20.2 Å². The summed E-state index contributed by atoms with van der Waals surface area (Å²) in [7, 11) is 0. The number of hydrogen-bond donors (Lipinski definition) is 2. The summed E-state index contributed by atoms with van der Waals surface area (Å²) >= 11 is 0. The molecule has 6 nitrogen and oxygen atoms in total. The Labute approximate surface area is 111 Å². The van der Waals surface area contributed by atoms with Gasteiger partial charge in [0.1, 0.15) is 6.33 Å². The SMILES string of the molecule is OC1CCC(Nc2ccc(-n3cnnn3)cc2)CC1. The summed E-state index contributed by atoms with van der Waals surface area (Å²) in [6.07, 6.45) is 5.29. The molecular weight excluding hydrogens is 242 g/mol. The van der Waals surface area contributed by atoms with Crippen molar-refractivity contribution in [3.05, 3.63) is 30.6 Å². The van der Waals surface area contributed by atoms with E-state index in [9.17, 15) is 5.11 Å². The Balaban J connectivity index is 1.63. The van der Waals surface area contributed by atoms with E-state index in [2.05, 4.69) is 20.8 Å². The maximum absolute atomic E-state index is 9.49. The molecule has 6 heteroatoms. The molecule has 2 N–H and O–H groups in total. The van der Waals surface area contributed by atoms with Crippen molar-refractivity contribution in [1.29, 1.82) is 0 Å². The van der Waals surface area contributed by atoms with Crippen LogP contribution in [-0.2, 0) is 0 Å². The van der Waals surface area contributed by atoms with Crippen molar-refractivity contribution < 1.29 is 5.11 Å². The lowest BCUT2D eigenvalue weighted by atomic mass is 9.93. The molecule has 0 unspecified atom stereocenters. The average Bonchev–Trinajstić information content (AvgIpc) is 2.96. The number of nitrogens with one attached hydrogen (secondary N) is 1. The summed E-state index contributed by atoms with van der Waals surface area (Å²) in [6.45, 7) is 0. The van der Waals surface area contributed by atoms with Gasteiger partial charge in [-0.2, -0.15) is 0 Å². The third kappa shape index (κ3) is 2.90.